The molecule has 0 spiro atoms. The molecule has 0 aromatic carbocycles. The second-order valence-electron chi connectivity index (χ2n) is 5.28. The summed E-state index contributed by atoms with van der Waals surface area (Å²) in [7, 11) is 3.61. The van der Waals surface area contributed by atoms with E-state index >= 15 is 0 Å². The molecule has 0 bridgehead atoms. The van der Waals surface area contributed by atoms with Crippen LogP contribution in [0.1, 0.15) is 20.1 Å². The molecule has 0 saturated heterocycles. The number of rotatable bonds is 7. The number of aromatic nitrogens is 2. The summed E-state index contributed by atoms with van der Waals surface area (Å²) >= 11 is 0. The molecule has 0 fully saturated rings. The van der Waals surface area contributed by atoms with Gasteiger partial charge >= 0.3 is 5.69 Å². The Kier molecular flexibility index (Phi) is 6.01. The predicted octanol–water partition coefficient (Wildman–Crippen LogP) is -0.257. The fourth-order valence-corrected chi connectivity index (χ4v) is 1.62. The Bertz CT molecular complexity index is 534. The lowest BCUT2D eigenvalue weighted by Gasteiger charge is -2.30. The van der Waals surface area contributed by atoms with Gasteiger partial charge in [0.15, 0.2) is 12.0 Å². The third kappa shape index (κ3) is 5.25. The van der Waals surface area contributed by atoms with Gasteiger partial charge in [-0.2, -0.15) is 4.98 Å². The summed E-state index contributed by atoms with van der Waals surface area (Å²) in [6.45, 7) is 2.82. The molecular formula is C13H22N4O4. The number of hydrogen-bond donors (Lipinski definition) is 2. The first-order chi connectivity index (χ1) is 9.75. The molecule has 0 amide bonds. The molecule has 1 heterocycles. The summed E-state index contributed by atoms with van der Waals surface area (Å²) in [6, 6.07) is 1.54. The summed E-state index contributed by atoms with van der Waals surface area (Å²) in [4.78, 5) is 21.6. The van der Waals surface area contributed by atoms with Crippen molar-refractivity contribution in [2.24, 2.45) is 4.99 Å². The van der Waals surface area contributed by atoms with E-state index < -0.39 is 17.5 Å². The quantitative estimate of drug-likeness (QED) is 0.531. The average Bonchev–Trinajstić information content (AvgIpc) is 2.37. The number of nitrogens with zero attached hydrogens (tertiary/aromatic N) is 4. The Balaban J connectivity index is 3.08. The molecule has 21 heavy (non-hydrogen) atoms. The van der Waals surface area contributed by atoms with Crippen molar-refractivity contribution in [1.29, 1.82) is 0 Å². The molecule has 0 aliphatic heterocycles. The predicted molar refractivity (Wildman–Crippen MR) is 78.7 cm³/mol. The van der Waals surface area contributed by atoms with Gasteiger partial charge in [0, 0.05) is 20.3 Å². The van der Waals surface area contributed by atoms with Gasteiger partial charge in [0.25, 0.3) is 0 Å². The van der Waals surface area contributed by atoms with Gasteiger partial charge in [-0.05, 0) is 19.9 Å². The summed E-state index contributed by atoms with van der Waals surface area (Å²) in [5.41, 5.74) is -1.90. The van der Waals surface area contributed by atoms with Crippen molar-refractivity contribution in [3.8, 4) is 0 Å². The van der Waals surface area contributed by atoms with E-state index in [-0.39, 0.29) is 19.0 Å². The number of aliphatic hydroxyl groups excluding tert-OH is 1. The lowest BCUT2D eigenvalue weighted by molar-refractivity contribution is -0.136. The SMILES string of the molecule is CN(C)C=Nc1ccn([C@H](OCCO)C(C)(C)O)c(=O)n1. The van der Waals surface area contributed by atoms with Crippen LogP contribution in [-0.4, -0.2) is 63.9 Å². The monoisotopic (exact) mass is 298 g/mol. The van der Waals surface area contributed by atoms with E-state index in [1.807, 2.05) is 0 Å². The van der Waals surface area contributed by atoms with Crippen molar-refractivity contribution in [3.05, 3.63) is 22.7 Å². The molecule has 8 heteroatoms. The fourth-order valence-electron chi connectivity index (χ4n) is 1.62. The molecule has 118 valence electrons. The number of hydrogen-bond acceptors (Lipinski definition) is 6. The van der Waals surface area contributed by atoms with Crippen LogP contribution in [0.15, 0.2) is 22.1 Å². The molecule has 8 nitrogen and oxygen atoms in total. The maximum absolute atomic E-state index is 12.0. The molecule has 1 aromatic rings. The standard InChI is InChI=1S/C13H22N4O4/c1-13(2,20)11(21-8-7-18)17-6-5-10(15-12(17)19)14-9-16(3)4/h5-6,9,11,18,20H,7-8H2,1-4H3/t11-/m1/s1. The highest BCUT2D eigenvalue weighted by Gasteiger charge is 2.30. The third-order valence-corrected chi connectivity index (χ3v) is 2.46. The number of ether oxygens (including phenoxy) is 1. The van der Waals surface area contributed by atoms with Crippen LogP contribution in [0.2, 0.25) is 0 Å². The maximum atomic E-state index is 12.0. The summed E-state index contributed by atoms with van der Waals surface area (Å²) in [6.07, 6.45) is 2.04. The van der Waals surface area contributed by atoms with E-state index in [2.05, 4.69) is 9.98 Å². The van der Waals surface area contributed by atoms with Crippen LogP contribution in [0.4, 0.5) is 5.82 Å². The number of aliphatic imine (C=N–C) groups is 1. The van der Waals surface area contributed by atoms with Gasteiger partial charge in [0.05, 0.1) is 19.6 Å². The van der Waals surface area contributed by atoms with Crippen LogP contribution >= 0.6 is 0 Å². The molecule has 1 atom stereocenters. The smallest absolute Gasteiger partial charge is 0.351 e. The molecule has 0 saturated carbocycles. The second kappa shape index (κ2) is 7.30. The Morgan fingerprint density at radius 3 is 2.71 bits per heavy atom. The zero-order chi connectivity index (χ0) is 16.0. The van der Waals surface area contributed by atoms with Crippen molar-refractivity contribution < 1.29 is 14.9 Å². The lowest BCUT2D eigenvalue weighted by atomic mass is 10.1. The first-order valence-corrected chi connectivity index (χ1v) is 6.50. The summed E-state index contributed by atoms with van der Waals surface area (Å²) in [5.74, 6) is 0.265. The maximum Gasteiger partial charge on any atom is 0.351 e. The summed E-state index contributed by atoms with van der Waals surface area (Å²) < 4.78 is 6.51. The first kappa shape index (κ1) is 17.3. The first-order valence-electron chi connectivity index (χ1n) is 6.50. The van der Waals surface area contributed by atoms with Crippen molar-refractivity contribution in [3.63, 3.8) is 0 Å². The molecule has 1 rings (SSSR count). The van der Waals surface area contributed by atoms with Gasteiger partial charge in [-0.15, -0.1) is 0 Å². The molecule has 2 N–H and O–H groups in total. The van der Waals surface area contributed by atoms with Crippen LogP contribution < -0.4 is 5.69 Å². The molecule has 0 aliphatic rings. The van der Waals surface area contributed by atoms with Gasteiger partial charge in [-0.25, -0.2) is 9.79 Å². The minimum Gasteiger partial charge on any atom is -0.394 e. The van der Waals surface area contributed by atoms with E-state index in [0.29, 0.717) is 0 Å². The van der Waals surface area contributed by atoms with Gasteiger partial charge in [0.2, 0.25) is 0 Å². The average molecular weight is 298 g/mol. The molecule has 0 radical (unpaired) electrons. The lowest BCUT2D eigenvalue weighted by Crippen LogP contribution is -2.41. The second-order valence-corrected chi connectivity index (χ2v) is 5.28. The minimum absolute atomic E-state index is 0.00162. The highest BCUT2D eigenvalue weighted by Crippen LogP contribution is 2.22. The van der Waals surface area contributed by atoms with Crippen molar-refractivity contribution in [2.45, 2.75) is 25.7 Å². The Morgan fingerprint density at radius 1 is 1.57 bits per heavy atom. The Labute approximate surface area is 123 Å². The molecular weight excluding hydrogens is 276 g/mol. The highest BCUT2D eigenvalue weighted by atomic mass is 16.5. The van der Waals surface area contributed by atoms with E-state index in [9.17, 15) is 9.90 Å². The van der Waals surface area contributed by atoms with Crippen molar-refractivity contribution in [1.82, 2.24) is 14.5 Å². The minimum atomic E-state index is -1.31. The Morgan fingerprint density at radius 2 is 2.24 bits per heavy atom. The zero-order valence-electron chi connectivity index (χ0n) is 12.7. The van der Waals surface area contributed by atoms with E-state index in [1.54, 1.807) is 25.1 Å². The van der Waals surface area contributed by atoms with Crippen molar-refractivity contribution >= 4 is 12.2 Å². The largest absolute Gasteiger partial charge is 0.394 e. The molecule has 0 aliphatic carbocycles. The van der Waals surface area contributed by atoms with Crippen LogP contribution in [-0.2, 0) is 4.74 Å². The van der Waals surface area contributed by atoms with Gasteiger partial charge in [0.1, 0.15) is 5.60 Å². The zero-order valence-corrected chi connectivity index (χ0v) is 12.7. The molecule has 1 aromatic heterocycles. The number of aliphatic hydroxyl groups is 2. The van der Waals surface area contributed by atoms with Crippen LogP contribution in [0, 0.1) is 0 Å². The van der Waals surface area contributed by atoms with E-state index in [4.69, 9.17) is 9.84 Å². The Hall–Kier alpha value is -1.77. The van der Waals surface area contributed by atoms with Crippen LogP contribution in [0.3, 0.4) is 0 Å². The topological polar surface area (TPSA) is 100 Å². The highest BCUT2D eigenvalue weighted by molar-refractivity contribution is 5.58. The van der Waals surface area contributed by atoms with Crippen molar-refractivity contribution in [2.75, 3.05) is 27.3 Å². The van der Waals surface area contributed by atoms with Gasteiger partial charge in [-0.1, -0.05) is 0 Å². The third-order valence-electron chi connectivity index (χ3n) is 2.46. The van der Waals surface area contributed by atoms with E-state index in [0.717, 1.165) is 0 Å². The van der Waals surface area contributed by atoms with Gasteiger partial charge < -0.3 is 19.8 Å². The van der Waals surface area contributed by atoms with Gasteiger partial charge in [-0.3, -0.25) is 4.57 Å². The van der Waals surface area contributed by atoms with E-state index in [1.165, 1.54) is 30.9 Å². The normalized spacial score (nSPS) is 13.6. The fraction of sp³-hybridized carbons (Fsp3) is 0.615. The molecule has 0 unspecified atom stereocenters. The van der Waals surface area contributed by atoms with Crippen LogP contribution in [0.5, 0.6) is 0 Å². The van der Waals surface area contributed by atoms with Crippen LogP contribution in [0.25, 0.3) is 0 Å². The summed E-state index contributed by atoms with van der Waals surface area (Å²) in [5, 5.41) is 18.9.